The van der Waals surface area contributed by atoms with Gasteiger partial charge in [0.15, 0.2) is 0 Å². The minimum Gasteiger partial charge on any atom is -0.320 e. The molecule has 0 fully saturated rings. The highest BCUT2D eigenvalue weighted by molar-refractivity contribution is 6.18. The van der Waals surface area contributed by atoms with Crippen LogP contribution < -0.4 is 0 Å². The molecule has 0 aliphatic heterocycles. The van der Waals surface area contributed by atoms with Crippen molar-refractivity contribution < 1.29 is 0 Å². The van der Waals surface area contributed by atoms with Crippen LogP contribution in [0.4, 0.5) is 5.69 Å². The van der Waals surface area contributed by atoms with Crippen LogP contribution in [0.3, 0.4) is 0 Å². The Kier molecular flexibility index (Phi) is 7.62. The Bertz CT molecular complexity index is 3030. The molecule has 0 N–H and O–H groups in total. The van der Waals surface area contributed by atoms with E-state index in [4.69, 9.17) is 4.99 Å². The van der Waals surface area contributed by atoms with E-state index < -0.39 is 0 Å². The van der Waals surface area contributed by atoms with Crippen LogP contribution in [0.15, 0.2) is 198 Å². The lowest BCUT2D eigenvalue weighted by molar-refractivity contribution is 0.793. The largest absolute Gasteiger partial charge is 0.320 e. The topological polar surface area (TPSA) is 39.5 Å². The molecule has 10 rings (SSSR count). The van der Waals surface area contributed by atoms with Crippen molar-refractivity contribution in [3.05, 3.63) is 200 Å². The monoisotopic (exact) mass is 693 g/mol. The number of aromatic nitrogens is 3. The quantitative estimate of drug-likeness (QED) is 0.142. The van der Waals surface area contributed by atoms with Gasteiger partial charge in [-0.1, -0.05) is 121 Å². The number of hydrogen-bond acceptors (Lipinski definition) is 2. The standard InChI is InChI=1S/C49H35N5/c1-50-44-29-31-53(38-20-6-3-7-21-38)49(44)47(36-17-12-16-35(32-36)40-24-13-15-34-14-8-9-22-39(34)40)51-33-54-45-25-11-10-23-41(45)42-26-27-46-43(48(42)54)28-30-52(46)37-18-4-2-5-19-37/h2-32H,1,33H2/b51-47-. The Balaban J connectivity index is 1.21. The summed E-state index contributed by atoms with van der Waals surface area (Å²) in [6, 6.07) is 62.1. The van der Waals surface area contributed by atoms with E-state index in [0.717, 1.165) is 56.1 Å². The molecular weight excluding hydrogens is 659 g/mol. The normalized spacial score (nSPS) is 12.0. The van der Waals surface area contributed by atoms with Crippen molar-refractivity contribution in [3.63, 3.8) is 0 Å². The van der Waals surface area contributed by atoms with E-state index >= 15 is 0 Å². The lowest BCUT2D eigenvalue weighted by Gasteiger charge is -2.16. The first-order valence-corrected chi connectivity index (χ1v) is 18.2. The van der Waals surface area contributed by atoms with Gasteiger partial charge in [-0.05, 0) is 83.2 Å². The van der Waals surface area contributed by atoms with E-state index in [9.17, 15) is 0 Å². The van der Waals surface area contributed by atoms with Crippen molar-refractivity contribution in [1.82, 2.24) is 13.7 Å². The first-order valence-electron chi connectivity index (χ1n) is 18.2. The Morgan fingerprint density at radius 1 is 0.519 bits per heavy atom. The maximum absolute atomic E-state index is 5.61. The van der Waals surface area contributed by atoms with Gasteiger partial charge >= 0.3 is 0 Å². The minimum atomic E-state index is 0.393. The Morgan fingerprint density at radius 2 is 1.20 bits per heavy atom. The summed E-state index contributed by atoms with van der Waals surface area (Å²) in [6.45, 7) is 4.39. The molecule has 3 heterocycles. The third kappa shape index (κ3) is 5.17. The second kappa shape index (κ2) is 13.1. The molecule has 0 unspecified atom stereocenters. The number of rotatable bonds is 8. The van der Waals surface area contributed by atoms with E-state index in [-0.39, 0.29) is 0 Å². The van der Waals surface area contributed by atoms with Gasteiger partial charge in [-0.15, -0.1) is 0 Å². The number of nitrogens with zero attached hydrogens (tertiary/aromatic N) is 5. The molecule has 0 aliphatic carbocycles. The molecule has 10 aromatic rings. The van der Waals surface area contributed by atoms with E-state index in [2.05, 4.69) is 202 Å². The smallest absolute Gasteiger partial charge is 0.115 e. The van der Waals surface area contributed by atoms with Gasteiger partial charge in [0.2, 0.25) is 0 Å². The number of aliphatic imine (C=N–C) groups is 2. The van der Waals surface area contributed by atoms with Crippen LogP contribution in [0, 0.1) is 0 Å². The molecule has 54 heavy (non-hydrogen) atoms. The maximum Gasteiger partial charge on any atom is 0.115 e. The van der Waals surface area contributed by atoms with Crippen LogP contribution in [0.1, 0.15) is 11.3 Å². The number of fused-ring (bicyclic) bond motifs is 6. The van der Waals surface area contributed by atoms with Crippen LogP contribution in [-0.2, 0) is 6.67 Å². The van der Waals surface area contributed by atoms with Gasteiger partial charge in [-0.3, -0.25) is 9.98 Å². The molecule has 7 aromatic carbocycles. The summed E-state index contributed by atoms with van der Waals surface area (Å²) in [5.41, 5.74) is 11.4. The second-order valence-electron chi connectivity index (χ2n) is 13.5. The zero-order valence-corrected chi connectivity index (χ0v) is 29.5. The van der Waals surface area contributed by atoms with Gasteiger partial charge < -0.3 is 13.7 Å². The van der Waals surface area contributed by atoms with Gasteiger partial charge in [0.05, 0.1) is 33.6 Å². The summed E-state index contributed by atoms with van der Waals surface area (Å²) in [7, 11) is 0. The van der Waals surface area contributed by atoms with Crippen molar-refractivity contribution >= 4 is 61.6 Å². The third-order valence-electron chi connectivity index (χ3n) is 10.5. The summed E-state index contributed by atoms with van der Waals surface area (Å²) >= 11 is 0. The molecule has 0 amide bonds. The summed E-state index contributed by atoms with van der Waals surface area (Å²) in [6.07, 6.45) is 4.23. The average molecular weight is 694 g/mol. The summed E-state index contributed by atoms with van der Waals surface area (Å²) in [5.74, 6) is 0. The summed E-state index contributed by atoms with van der Waals surface area (Å²) in [4.78, 5) is 10.1. The van der Waals surface area contributed by atoms with Crippen molar-refractivity contribution in [2.75, 3.05) is 0 Å². The number of hydrogen-bond donors (Lipinski definition) is 0. The molecular formula is C49H35N5. The predicted octanol–water partition coefficient (Wildman–Crippen LogP) is 12.2. The van der Waals surface area contributed by atoms with Crippen molar-refractivity contribution in [2.24, 2.45) is 9.98 Å². The van der Waals surface area contributed by atoms with Crippen LogP contribution >= 0.6 is 0 Å². The van der Waals surface area contributed by atoms with E-state index in [1.807, 2.05) is 12.1 Å². The maximum atomic E-state index is 5.61. The third-order valence-corrected chi connectivity index (χ3v) is 10.5. The van der Waals surface area contributed by atoms with Crippen LogP contribution in [0.25, 0.3) is 66.0 Å². The molecule has 0 aliphatic rings. The zero-order chi connectivity index (χ0) is 36.0. The second-order valence-corrected chi connectivity index (χ2v) is 13.5. The molecule has 5 heteroatoms. The highest BCUT2D eigenvalue weighted by atomic mass is 15.1. The predicted molar refractivity (Wildman–Crippen MR) is 226 cm³/mol. The molecule has 0 radical (unpaired) electrons. The lowest BCUT2D eigenvalue weighted by atomic mass is 9.95. The highest BCUT2D eigenvalue weighted by Crippen LogP contribution is 2.37. The van der Waals surface area contributed by atoms with Crippen LogP contribution in [0.2, 0.25) is 0 Å². The van der Waals surface area contributed by atoms with Gasteiger partial charge in [0.1, 0.15) is 6.67 Å². The SMILES string of the molecule is C=Nc1ccn(-c2ccccc2)c1/C(=N\Cn1c2ccccc2c2ccc3c(ccn3-c3ccccc3)c21)c1cccc(-c2cccc3ccccc23)c1. The van der Waals surface area contributed by atoms with Gasteiger partial charge in [-0.2, -0.15) is 0 Å². The first kappa shape index (κ1) is 31.5. The molecule has 0 atom stereocenters. The fourth-order valence-electron chi connectivity index (χ4n) is 8.07. The van der Waals surface area contributed by atoms with Gasteiger partial charge in [-0.25, -0.2) is 0 Å². The van der Waals surface area contributed by atoms with E-state index in [0.29, 0.717) is 6.67 Å². The summed E-state index contributed by atoms with van der Waals surface area (Å²) in [5, 5.41) is 6.03. The molecule has 3 aromatic heterocycles. The highest BCUT2D eigenvalue weighted by Gasteiger charge is 2.21. The Morgan fingerprint density at radius 3 is 2.02 bits per heavy atom. The molecule has 0 bridgehead atoms. The fraction of sp³-hybridized carbons (Fsp3) is 0.0204. The van der Waals surface area contributed by atoms with E-state index in [1.54, 1.807) is 0 Å². The molecule has 0 spiro atoms. The van der Waals surface area contributed by atoms with Crippen LogP contribution in [0.5, 0.6) is 0 Å². The molecule has 0 saturated heterocycles. The lowest BCUT2D eigenvalue weighted by Crippen LogP contribution is -2.12. The van der Waals surface area contributed by atoms with E-state index in [1.165, 1.54) is 32.5 Å². The fourth-order valence-corrected chi connectivity index (χ4v) is 8.07. The first-order chi connectivity index (χ1) is 26.8. The van der Waals surface area contributed by atoms with Crippen molar-refractivity contribution in [3.8, 4) is 22.5 Å². The van der Waals surface area contributed by atoms with Crippen LogP contribution in [-0.4, -0.2) is 26.1 Å². The Hall–Kier alpha value is -7.24. The summed E-state index contributed by atoms with van der Waals surface area (Å²) < 4.78 is 6.81. The van der Waals surface area contributed by atoms with Crippen molar-refractivity contribution in [1.29, 1.82) is 0 Å². The molecule has 256 valence electrons. The van der Waals surface area contributed by atoms with Gasteiger partial charge in [0, 0.05) is 45.5 Å². The molecule has 0 saturated carbocycles. The average Bonchev–Trinajstić information content (AvgIpc) is 3.96. The Labute approximate surface area is 313 Å². The number of para-hydroxylation sites is 3. The number of benzene rings is 7. The van der Waals surface area contributed by atoms with Crippen molar-refractivity contribution in [2.45, 2.75) is 6.67 Å². The van der Waals surface area contributed by atoms with Gasteiger partial charge in [0.25, 0.3) is 0 Å². The zero-order valence-electron chi connectivity index (χ0n) is 29.5. The minimum absolute atomic E-state index is 0.393. The molecule has 5 nitrogen and oxygen atoms in total.